The van der Waals surface area contributed by atoms with Gasteiger partial charge in [0, 0.05) is 10.0 Å². The summed E-state index contributed by atoms with van der Waals surface area (Å²) in [7, 11) is -2.49. The fourth-order valence-corrected chi connectivity index (χ4v) is 4.39. The van der Waals surface area contributed by atoms with Gasteiger partial charge in [-0.3, -0.25) is 9.52 Å². The second-order valence-corrected chi connectivity index (χ2v) is 9.43. The maximum atomic E-state index is 12.6. The van der Waals surface area contributed by atoms with Gasteiger partial charge in [0.05, 0.1) is 34.0 Å². The van der Waals surface area contributed by atoms with Gasteiger partial charge < -0.3 is 15.2 Å². The molecule has 32 heavy (non-hydrogen) atoms. The first-order valence-electron chi connectivity index (χ1n) is 8.91. The number of carbonyl (C=O) groups is 2. The van der Waals surface area contributed by atoms with E-state index >= 15 is 0 Å². The zero-order valence-corrected chi connectivity index (χ0v) is 19.6. The Morgan fingerprint density at radius 1 is 1.03 bits per heavy atom. The standard InChI is InChI=1S/C21H16BrClN2O6S/c1-31-19-9-5-14(11-17(19)23)25-32(29,30)15-6-2-12(3-7-15)20(26)24-18-8-4-13(22)10-16(18)21(27)28/h2-11,25H,1H3,(H,24,26)(H,27,28). The maximum Gasteiger partial charge on any atom is 0.337 e. The van der Waals surface area contributed by atoms with Gasteiger partial charge in [0.2, 0.25) is 0 Å². The molecule has 0 radical (unpaired) electrons. The molecule has 166 valence electrons. The highest BCUT2D eigenvalue weighted by atomic mass is 79.9. The molecule has 0 aliphatic carbocycles. The van der Waals surface area contributed by atoms with Gasteiger partial charge in [-0.1, -0.05) is 27.5 Å². The van der Waals surface area contributed by atoms with Gasteiger partial charge in [-0.15, -0.1) is 0 Å². The van der Waals surface area contributed by atoms with Crippen molar-refractivity contribution in [3.63, 3.8) is 0 Å². The van der Waals surface area contributed by atoms with Crippen LogP contribution in [0, 0.1) is 0 Å². The van der Waals surface area contributed by atoms with Crippen LogP contribution < -0.4 is 14.8 Å². The van der Waals surface area contributed by atoms with E-state index in [1.54, 1.807) is 6.07 Å². The van der Waals surface area contributed by atoms with E-state index < -0.39 is 21.9 Å². The van der Waals surface area contributed by atoms with Crippen molar-refractivity contribution in [3.05, 3.63) is 81.3 Å². The van der Waals surface area contributed by atoms with Crippen LogP contribution in [0.1, 0.15) is 20.7 Å². The van der Waals surface area contributed by atoms with Crippen molar-refractivity contribution in [2.24, 2.45) is 0 Å². The Morgan fingerprint density at radius 3 is 2.31 bits per heavy atom. The van der Waals surface area contributed by atoms with E-state index in [0.717, 1.165) is 0 Å². The number of sulfonamides is 1. The van der Waals surface area contributed by atoms with Crippen LogP contribution in [-0.2, 0) is 10.0 Å². The van der Waals surface area contributed by atoms with Crippen molar-refractivity contribution in [2.75, 3.05) is 17.1 Å². The number of amides is 1. The minimum atomic E-state index is -3.94. The highest BCUT2D eigenvalue weighted by Gasteiger charge is 2.18. The number of hydrogen-bond acceptors (Lipinski definition) is 5. The van der Waals surface area contributed by atoms with Crippen LogP contribution in [0.2, 0.25) is 5.02 Å². The number of carboxylic acids is 1. The average Bonchev–Trinajstić information content (AvgIpc) is 2.74. The molecular weight excluding hydrogens is 524 g/mol. The first-order valence-corrected chi connectivity index (χ1v) is 11.6. The predicted molar refractivity (Wildman–Crippen MR) is 124 cm³/mol. The molecule has 0 saturated heterocycles. The number of benzene rings is 3. The Bertz CT molecular complexity index is 1300. The Hall–Kier alpha value is -3.08. The number of rotatable bonds is 7. The number of anilines is 2. The summed E-state index contributed by atoms with van der Waals surface area (Å²) >= 11 is 9.21. The normalized spacial score (nSPS) is 11.0. The Morgan fingerprint density at radius 2 is 1.72 bits per heavy atom. The zero-order chi connectivity index (χ0) is 23.5. The molecule has 0 saturated carbocycles. The monoisotopic (exact) mass is 538 g/mol. The number of methoxy groups -OCH3 is 1. The molecule has 1 amide bonds. The third-order valence-electron chi connectivity index (χ3n) is 4.29. The van der Waals surface area contributed by atoms with Crippen molar-refractivity contribution in [2.45, 2.75) is 4.90 Å². The third-order valence-corrected chi connectivity index (χ3v) is 6.48. The molecule has 0 fully saturated rings. The van der Waals surface area contributed by atoms with Crippen LogP contribution in [0.15, 0.2) is 70.0 Å². The summed E-state index contributed by atoms with van der Waals surface area (Å²) in [6.07, 6.45) is 0. The predicted octanol–water partition coefficient (Wildman–Crippen LogP) is 4.86. The number of halogens is 2. The number of hydrogen-bond donors (Lipinski definition) is 3. The van der Waals surface area contributed by atoms with E-state index in [1.807, 2.05) is 0 Å². The first-order chi connectivity index (χ1) is 15.1. The largest absolute Gasteiger partial charge is 0.495 e. The van der Waals surface area contributed by atoms with Crippen LogP contribution in [0.25, 0.3) is 0 Å². The summed E-state index contributed by atoms with van der Waals surface area (Å²) in [5.74, 6) is -1.39. The molecule has 0 heterocycles. The fraction of sp³-hybridized carbons (Fsp3) is 0.0476. The van der Waals surface area contributed by atoms with E-state index in [1.165, 1.54) is 61.7 Å². The molecule has 0 bridgehead atoms. The summed E-state index contributed by atoms with van der Waals surface area (Å²) in [5, 5.41) is 12.1. The fourth-order valence-electron chi connectivity index (χ4n) is 2.73. The average molecular weight is 540 g/mol. The molecule has 0 aliphatic rings. The first kappa shape index (κ1) is 23.6. The lowest BCUT2D eigenvalue weighted by Gasteiger charge is -2.11. The highest BCUT2D eigenvalue weighted by Crippen LogP contribution is 2.28. The van der Waals surface area contributed by atoms with Crippen LogP contribution >= 0.6 is 27.5 Å². The van der Waals surface area contributed by atoms with Gasteiger partial charge in [0.15, 0.2) is 0 Å². The van der Waals surface area contributed by atoms with E-state index in [2.05, 4.69) is 26.0 Å². The molecule has 3 N–H and O–H groups in total. The highest BCUT2D eigenvalue weighted by molar-refractivity contribution is 9.10. The molecule has 0 spiro atoms. The minimum absolute atomic E-state index is 0.0733. The number of ether oxygens (including phenoxy) is 1. The lowest BCUT2D eigenvalue weighted by atomic mass is 10.1. The summed E-state index contributed by atoms with van der Waals surface area (Å²) in [6, 6.07) is 14.0. The Labute approximate surface area is 197 Å². The Kier molecular flexibility index (Phi) is 7.07. The van der Waals surface area contributed by atoms with Crippen molar-refractivity contribution in [1.82, 2.24) is 0 Å². The van der Waals surface area contributed by atoms with Gasteiger partial charge in [0.25, 0.3) is 15.9 Å². The number of carbonyl (C=O) groups excluding carboxylic acids is 1. The smallest absolute Gasteiger partial charge is 0.337 e. The van der Waals surface area contributed by atoms with E-state index in [9.17, 15) is 23.1 Å². The molecule has 0 aliphatic heterocycles. The summed E-state index contributed by atoms with van der Waals surface area (Å²) in [6.45, 7) is 0. The lowest BCUT2D eigenvalue weighted by Crippen LogP contribution is -2.16. The zero-order valence-electron chi connectivity index (χ0n) is 16.4. The molecule has 0 aromatic heterocycles. The molecule has 3 rings (SSSR count). The van der Waals surface area contributed by atoms with Gasteiger partial charge in [-0.2, -0.15) is 0 Å². The molecule has 0 atom stereocenters. The second kappa shape index (κ2) is 9.60. The topological polar surface area (TPSA) is 122 Å². The van der Waals surface area contributed by atoms with Crippen molar-refractivity contribution in [1.29, 1.82) is 0 Å². The molecule has 11 heteroatoms. The van der Waals surface area contributed by atoms with Crippen LogP contribution in [0.4, 0.5) is 11.4 Å². The number of nitrogens with one attached hydrogen (secondary N) is 2. The molecule has 0 unspecified atom stereocenters. The quantitative estimate of drug-likeness (QED) is 0.394. The van der Waals surface area contributed by atoms with E-state index in [4.69, 9.17) is 16.3 Å². The summed E-state index contributed by atoms with van der Waals surface area (Å²) in [4.78, 5) is 23.8. The maximum absolute atomic E-state index is 12.6. The van der Waals surface area contributed by atoms with Crippen LogP contribution in [0.3, 0.4) is 0 Å². The van der Waals surface area contributed by atoms with Crippen molar-refractivity contribution < 1.29 is 27.9 Å². The molecule has 3 aromatic rings. The number of aromatic carboxylic acids is 1. The summed E-state index contributed by atoms with van der Waals surface area (Å²) in [5.41, 5.74) is 0.416. The van der Waals surface area contributed by atoms with E-state index in [-0.39, 0.29) is 32.4 Å². The van der Waals surface area contributed by atoms with Gasteiger partial charge >= 0.3 is 5.97 Å². The summed E-state index contributed by atoms with van der Waals surface area (Å²) < 4.78 is 33.3. The molecule has 3 aromatic carbocycles. The van der Waals surface area contributed by atoms with Gasteiger partial charge in [-0.05, 0) is 60.7 Å². The van der Waals surface area contributed by atoms with Gasteiger partial charge in [-0.25, -0.2) is 13.2 Å². The van der Waals surface area contributed by atoms with Gasteiger partial charge in [0.1, 0.15) is 5.75 Å². The minimum Gasteiger partial charge on any atom is -0.495 e. The SMILES string of the molecule is COc1ccc(NS(=O)(=O)c2ccc(C(=O)Nc3ccc(Br)cc3C(=O)O)cc2)cc1Cl. The van der Waals surface area contributed by atoms with E-state index in [0.29, 0.717) is 10.2 Å². The third kappa shape index (κ3) is 5.39. The lowest BCUT2D eigenvalue weighted by molar-refractivity contribution is 0.0698. The van der Waals surface area contributed by atoms with Crippen molar-refractivity contribution in [3.8, 4) is 5.75 Å². The van der Waals surface area contributed by atoms with Crippen LogP contribution in [-0.4, -0.2) is 32.5 Å². The molecular formula is C21H16BrClN2O6S. The van der Waals surface area contributed by atoms with Crippen molar-refractivity contribution >= 4 is 60.8 Å². The molecule has 8 nitrogen and oxygen atoms in total. The number of carboxylic acid groups (broad SMARTS) is 1. The van der Waals surface area contributed by atoms with Crippen LogP contribution in [0.5, 0.6) is 5.75 Å². The Balaban J connectivity index is 1.77. The second-order valence-electron chi connectivity index (χ2n) is 6.43.